The normalized spacial score (nSPS) is 23.4. The molecule has 9 atom stereocenters. The summed E-state index contributed by atoms with van der Waals surface area (Å²) >= 11 is 0. The van der Waals surface area contributed by atoms with Gasteiger partial charge in [-0.05, 0) is 151 Å². The van der Waals surface area contributed by atoms with Crippen LogP contribution in [0.1, 0.15) is 251 Å². The Morgan fingerprint density at radius 3 is 1.14 bits per heavy atom. The van der Waals surface area contributed by atoms with E-state index in [1.54, 1.807) is 50.6 Å². The predicted octanol–water partition coefficient (Wildman–Crippen LogP) is 19.9. The molecule has 0 saturated heterocycles. The van der Waals surface area contributed by atoms with Gasteiger partial charge in [-0.2, -0.15) is 15.2 Å². The Hall–Kier alpha value is -10.4. The van der Waals surface area contributed by atoms with Crippen molar-refractivity contribution in [2.75, 3.05) is 78.5 Å². The Morgan fingerprint density at radius 1 is 0.329 bits per heavy atom. The number of phenols is 4. The van der Waals surface area contributed by atoms with Crippen LogP contribution >= 0.6 is 0 Å². The summed E-state index contributed by atoms with van der Waals surface area (Å²) in [6.45, 7) is 20.0. The molecular formula is C107H139N5O23S5. The van der Waals surface area contributed by atoms with Crippen molar-refractivity contribution in [2.24, 2.45) is 0 Å². The van der Waals surface area contributed by atoms with Crippen molar-refractivity contribution < 1.29 is 106 Å². The van der Waals surface area contributed by atoms with Crippen molar-refractivity contribution >= 4 is 49.2 Å². The molecule has 0 radical (unpaired) electrons. The highest BCUT2D eigenvalue weighted by molar-refractivity contribution is 7.92. The SMILES string of the molecule is CCC1(C)CS(=O)(=O)c2cc(O)ccc2C(c2ccccc2)N1.CCC1(CC)CS(=O)(=O)c2cc(O)c(OC)cc2C(c2ccccc2)N1.CCCC[C@]1(CC)CS(=O)(=O)c2c(cc(OC)c(OC)c2OC)[C@@H](c2ccccc2)N1O.CCCC[C@]1(CC)CS(=O)(=O)c2cc(O)c(O)cc2[C@@H](c2ccccc2)N1O.CCCC[C@]1(CC)CS(=O)(=O)c2cc(OC)c(OC)cc2[C@@H](c2ccccc2)N1OC. The van der Waals surface area contributed by atoms with E-state index in [4.69, 9.17) is 33.3 Å². The topological polar surface area (TPSA) is 390 Å². The Bertz CT molecular complexity index is 6500. The average Bonchev–Trinajstić information content (AvgIpc) is 1.58. The second kappa shape index (κ2) is 46.3. The number of unbranched alkanes of at least 4 members (excludes halogenated alkanes) is 3. The number of methoxy groups -OCH3 is 6. The molecular weight excluding hydrogens is 1880 g/mol. The van der Waals surface area contributed by atoms with E-state index in [9.17, 15) is 72.9 Å². The van der Waals surface area contributed by atoms with Gasteiger partial charge in [0, 0.05) is 34.8 Å². The van der Waals surface area contributed by atoms with Gasteiger partial charge in [0.05, 0.1) is 145 Å². The molecule has 0 amide bonds. The summed E-state index contributed by atoms with van der Waals surface area (Å²) in [5.74, 6) is 0.212. The molecule has 0 fully saturated rings. The zero-order valence-electron chi connectivity index (χ0n) is 83.2. The summed E-state index contributed by atoms with van der Waals surface area (Å²) in [5.41, 5.74) is 3.36. The molecule has 5 aliphatic heterocycles. The van der Waals surface area contributed by atoms with Crippen LogP contribution in [0.25, 0.3) is 0 Å². The molecule has 8 N–H and O–H groups in total. The summed E-state index contributed by atoms with van der Waals surface area (Å²) in [6.07, 6.45) is 10.6. The fraction of sp³-hybridized carbons (Fsp3) is 0.439. The molecule has 5 heterocycles. The first-order valence-corrected chi connectivity index (χ1v) is 56.0. The van der Waals surface area contributed by atoms with Crippen LogP contribution in [0.3, 0.4) is 0 Å². The summed E-state index contributed by atoms with van der Waals surface area (Å²) in [7, 11) is -7.87. The first kappa shape index (κ1) is 110. The Morgan fingerprint density at radius 2 is 0.693 bits per heavy atom. The maximum Gasteiger partial charge on any atom is 0.204 e. The lowest BCUT2D eigenvalue weighted by molar-refractivity contribution is -0.220. The van der Waals surface area contributed by atoms with Gasteiger partial charge in [0.25, 0.3) is 0 Å². The first-order chi connectivity index (χ1) is 66.6. The monoisotopic (exact) mass is 2020 g/mol. The summed E-state index contributed by atoms with van der Waals surface area (Å²) < 4.78 is 167. The van der Waals surface area contributed by atoms with E-state index in [1.165, 1.54) is 58.8 Å². The molecule has 0 aromatic heterocycles. The highest BCUT2D eigenvalue weighted by atomic mass is 32.2. The summed E-state index contributed by atoms with van der Waals surface area (Å²) in [5, 5.41) is 74.6. The smallest absolute Gasteiger partial charge is 0.204 e. The molecule has 0 spiro atoms. The van der Waals surface area contributed by atoms with Gasteiger partial charge in [0.1, 0.15) is 10.6 Å². The van der Waals surface area contributed by atoms with Gasteiger partial charge in [-0.25, -0.2) is 42.1 Å². The third kappa shape index (κ3) is 23.1. The zero-order valence-corrected chi connectivity index (χ0v) is 87.3. The third-order valence-corrected chi connectivity index (χ3v) is 38.1. The minimum atomic E-state index is -3.87. The molecule has 10 aromatic carbocycles. The molecule has 0 bridgehead atoms. The molecule has 760 valence electrons. The Kier molecular flexibility index (Phi) is 36.4. The van der Waals surface area contributed by atoms with Gasteiger partial charge in [0.15, 0.2) is 95.2 Å². The van der Waals surface area contributed by atoms with Gasteiger partial charge >= 0.3 is 0 Å². The minimum absolute atomic E-state index is 0.00486. The van der Waals surface area contributed by atoms with Crippen LogP contribution in [-0.2, 0) is 54.0 Å². The number of hydrogen-bond acceptors (Lipinski definition) is 28. The number of hydroxylamine groups is 6. The van der Waals surface area contributed by atoms with Gasteiger partial charge in [-0.15, -0.1) is 0 Å². The lowest BCUT2D eigenvalue weighted by Gasteiger charge is -2.44. The molecule has 0 aliphatic carbocycles. The van der Waals surface area contributed by atoms with Gasteiger partial charge in [0.2, 0.25) is 5.75 Å². The van der Waals surface area contributed by atoms with Crippen molar-refractivity contribution in [2.45, 2.75) is 248 Å². The van der Waals surface area contributed by atoms with Crippen LogP contribution in [0.15, 0.2) is 237 Å². The maximum absolute atomic E-state index is 13.9. The van der Waals surface area contributed by atoms with Crippen LogP contribution < -0.4 is 39.1 Å². The molecule has 15 rings (SSSR count). The number of phenolic OH excluding ortho intramolecular Hbond substituents is 4. The molecule has 0 saturated carbocycles. The number of sulfone groups is 5. The molecule has 140 heavy (non-hydrogen) atoms. The maximum atomic E-state index is 13.9. The van der Waals surface area contributed by atoms with Crippen LogP contribution in [0.4, 0.5) is 0 Å². The van der Waals surface area contributed by atoms with E-state index >= 15 is 0 Å². The van der Waals surface area contributed by atoms with Crippen molar-refractivity contribution in [1.29, 1.82) is 0 Å². The molecule has 28 nitrogen and oxygen atoms in total. The quantitative estimate of drug-likeness (QED) is 0.0222. The van der Waals surface area contributed by atoms with Gasteiger partial charge in [-0.1, -0.05) is 259 Å². The number of nitrogens with one attached hydrogen (secondary N) is 2. The van der Waals surface area contributed by atoms with Crippen molar-refractivity contribution in [3.05, 3.63) is 268 Å². The fourth-order valence-corrected chi connectivity index (χ4v) is 31.1. The molecule has 5 aliphatic rings. The molecule has 33 heteroatoms. The molecule has 3 unspecified atom stereocenters. The number of aromatic hydroxyl groups is 4. The zero-order chi connectivity index (χ0) is 102. The predicted molar refractivity (Wildman–Crippen MR) is 542 cm³/mol. The average molecular weight is 2020 g/mol. The Labute approximate surface area is 827 Å². The number of nitrogens with zero attached hydrogens (tertiary/aromatic N) is 3. The number of hydrogen-bond donors (Lipinski definition) is 8. The van der Waals surface area contributed by atoms with Crippen LogP contribution in [0.5, 0.6) is 57.5 Å². The molecule has 10 aromatic rings. The number of rotatable bonds is 27. The lowest BCUT2D eigenvalue weighted by Crippen LogP contribution is -2.52. The first-order valence-electron chi connectivity index (χ1n) is 47.7. The lowest BCUT2D eigenvalue weighted by atomic mass is 9.87. The summed E-state index contributed by atoms with van der Waals surface area (Å²) in [4.78, 5) is 6.66. The van der Waals surface area contributed by atoms with Crippen molar-refractivity contribution in [3.8, 4) is 57.5 Å². The minimum Gasteiger partial charge on any atom is -0.508 e. The number of ether oxygens (including phenoxy) is 6. The van der Waals surface area contributed by atoms with Crippen molar-refractivity contribution in [1.82, 2.24) is 25.8 Å². The van der Waals surface area contributed by atoms with Crippen LogP contribution in [0, 0.1) is 0 Å². The van der Waals surface area contributed by atoms with E-state index < -0.39 is 107 Å². The Balaban J connectivity index is 0.000000168. The standard InChI is InChI=1S/C24H33NO6S.C24H33NO5S.C21H27NO5S.C20H25NO4S.C18H21NO3S/c1-6-8-14-24(7-2)16-32(27,28)23-18(15-19(29-3)21(30-4)22(23)31-5)20(25(24)26)17-12-10-9-11-13-17;1-6-8-14-24(7-2)17-31(26,27)22-16-21(29-4)20(28-3)15-19(22)23(25(24)30-5)18-12-10-9-11-13-18;1-3-5-11-21(4-2)14-28(26,27)19-13-18(24)17(23)12-16(19)20(22(21)25)15-9-7-6-8-10-15;1-4-20(5-2)13-26(23,24)18-12-16(22)17(25-3)11-15(18)19(21-20)14-9-7-6-8-10-14;1-3-18(2)12-23(21,22)16-11-14(20)9-10-15(16)17(19-18)13-7-5-4-6-8-13/h9-13,15,20,26H,6-8,14,16H2,1-5H3;9-13,15-16,23H,6-8,14,17H2,1-5H3;6-10,12-13,20,23-25H,3-5,11,14H2,1-2H3;6-12,19,21-22H,4-5,13H2,1-3H3;4-11,17,19-20H,3,12H2,1-2H3/t20-,24-;23-,24-;20-,21-;;/m111../s1. The highest BCUT2D eigenvalue weighted by Crippen LogP contribution is 2.55. The largest absolute Gasteiger partial charge is 0.508 e. The fourth-order valence-electron chi connectivity index (χ4n) is 20.1. The van der Waals surface area contributed by atoms with Gasteiger partial charge < -0.3 is 64.1 Å². The second-order valence-corrected chi connectivity index (χ2v) is 46.6. The van der Waals surface area contributed by atoms with E-state index in [-0.39, 0.29) is 99.6 Å². The van der Waals surface area contributed by atoms with E-state index in [2.05, 4.69) is 24.5 Å². The van der Waals surface area contributed by atoms with Gasteiger partial charge in [-0.3, -0.25) is 10.6 Å². The number of benzene rings is 10. The highest BCUT2D eigenvalue weighted by Gasteiger charge is 2.54. The van der Waals surface area contributed by atoms with E-state index in [1.807, 2.05) is 212 Å². The third-order valence-electron chi connectivity index (χ3n) is 28.3. The van der Waals surface area contributed by atoms with E-state index in [0.29, 0.717) is 96.4 Å². The van der Waals surface area contributed by atoms with Crippen molar-refractivity contribution in [3.63, 3.8) is 0 Å². The number of fused-ring (bicyclic) bond motifs is 5. The van der Waals surface area contributed by atoms with E-state index in [0.717, 1.165) is 78.3 Å². The summed E-state index contributed by atoms with van der Waals surface area (Å²) in [6, 6.07) is 60.5. The van der Waals surface area contributed by atoms with Crippen LogP contribution in [0.2, 0.25) is 0 Å². The second-order valence-electron chi connectivity index (χ2n) is 36.8. The van der Waals surface area contributed by atoms with Crippen LogP contribution in [-0.4, -0.2) is 194 Å².